The molecule has 0 spiro atoms. The molecule has 0 aromatic heterocycles. The fourth-order valence-corrected chi connectivity index (χ4v) is 1.67. The molecule has 4 N–H and O–H groups in total. The second-order valence-corrected chi connectivity index (χ2v) is 5.12. The summed E-state index contributed by atoms with van der Waals surface area (Å²) in [4.78, 5) is 0. The van der Waals surface area contributed by atoms with Gasteiger partial charge >= 0.3 is 0 Å². The first-order valence-electron chi connectivity index (χ1n) is 5.60. The first-order valence-corrected chi connectivity index (χ1v) is 5.60. The van der Waals surface area contributed by atoms with Crippen molar-refractivity contribution >= 4 is 0 Å². The molecule has 1 atom stereocenters. The Bertz CT molecular complexity index is 396. The predicted molar refractivity (Wildman–Crippen MR) is 67.4 cm³/mol. The molecule has 0 aliphatic heterocycles. The summed E-state index contributed by atoms with van der Waals surface area (Å²) in [5.41, 5.74) is 6.79. The number of aliphatic hydroxyl groups excluding tert-OH is 1. The Labute approximate surface area is 102 Å². The van der Waals surface area contributed by atoms with Crippen LogP contribution >= 0.6 is 0 Å². The van der Waals surface area contributed by atoms with E-state index >= 15 is 0 Å². The number of benzene rings is 1. The lowest BCUT2D eigenvalue weighted by atomic mass is 9.85. The van der Waals surface area contributed by atoms with Crippen molar-refractivity contribution in [3.05, 3.63) is 23.3 Å². The van der Waals surface area contributed by atoms with Crippen LogP contribution in [0.5, 0.6) is 11.5 Å². The van der Waals surface area contributed by atoms with Crippen LogP contribution in [0.4, 0.5) is 0 Å². The van der Waals surface area contributed by atoms with Crippen LogP contribution in [0.3, 0.4) is 0 Å². The highest BCUT2D eigenvalue weighted by Crippen LogP contribution is 2.38. The topological polar surface area (TPSA) is 75.7 Å². The van der Waals surface area contributed by atoms with E-state index in [4.69, 9.17) is 10.5 Å². The molecule has 4 heteroatoms. The molecule has 0 aliphatic carbocycles. The van der Waals surface area contributed by atoms with Crippen LogP contribution in [-0.4, -0.2) is 23.9 Å². The van der Waals surface area contributed by atoms with Crippen molar-refractivity contribution in [1.82, 2.24) is 0 Å². The quantitative estimate of drug-likeness (QED) is 0.750. The number of nitrogens with two attached hydrogens (primary N) is 1. The minimum Gasteiger partial charge on any atom is -0.504 e. The fraction of sp³-hybridized carbons (Fsp3) is 0.538. The van der Waals surface area contributed by atoms with Gasteiger partial charge in [0.2, 0.25) is 0 Å². The molecule has 0 bridgehead atoms. The van der Waals surface area contributed by atoms with Crippen molar-refractivity contribution in [3.8, 4) is 11.5 Å². The van der Waals surface area contributed by atoms with E-state index < -0.39 is 6.10 Å². The Kier molecular flexibility index (Phi) is 4.01. The summed E-state index contributed by atoms with van der Waals surface area (Å²) in [5, 5.41) is 19.7. The van der Waals surface area contributed by atoms with E-state index in [1.165, 1.54) is 7.11 Å². The third kappa shape index (κ3) is 2.90. The molecule has 1 rings (SSSR count). The normalized spacial score (nSPS) is 13.5. The number of rotatable bonds is 3. The molecule has 0 heterocycles. The first-order chi connectivity index (χ1) is 7.81. The van der Waals surface area contributed by atoms with Crippen LogP contribution in [-0.2, 0) is 5.41 Å². The summed E-state index contributed by atoms with van der Waals surface area (Å²) in [7, 11) is 1.46. The van der Waals surface area contributed by atoms with Gasteiger partial charge in [-0.1, -0.05) is 20.8 Å². The summed E-state index contributed by atoms with van der Waals surface area (Å²) in [5.74, 6) is 0.318. The number of hydrogen-bond acceptors (Lipinski definition) is 4. The largest absolute Gasteiger partial charge is 0.504 e. The van der Waals surface area contributed by atoms with Crippen LogP contribution in [0.2, 0.25) is 0 Å². The zero-order chi connectivity index (χ0) is 13.2. The maximum absolute atomic E-state index is 9.90. The van der Waals surface area contributed by atoms with Crippen molar-refractivity contribution in [2.75, 3.05) is 13.7 Å². The zero-order valence-corrected chi connectivity index (χ0v) is 10.8. The van der Waals surface area contributed by atoms with E-state index in [1.807, 2.05) is 26.8 Å². The van der Waals surface area contributed by atoms with E-state index in [1.54, 1.807) is 6.07 Å². The Hall–Kier alpha value is -1.26. The number of methoxy groups -OCH3 is 1. The van der Waals surface area contributed by atoms with Crippen LogP contribution in [0.1, 0.15) is 38.0 Å². The third-order valence-corrected chi connectivity index (χ3v) is 2.75. The second kappa shape index (κ2) is 4.94. The highest BCUT2D eigenvalue weighted by molar-refractivity contribution is 5.51. The summed E-state index contributed by atoms with van der Waals surface area (Å²) in [6.07, 6.45) is -0.835. The van der Waals surface area contributed by atoms with Gasteiger partial charge in [-0.15, -0.1) is 0 Å². The van der Waals surface area contributed by atoms with E-state index in [0.29, 0.717) is 5.56 Å². The summed E-state index contributed by atoms with van der Waals surface area (Å²) in [6.45, 7) is 6.19. The molecular weight excluding hydrogens is 218 g/mol. The molecule has 17 heavy (non-hydrogen) atoms. The van der Waals surface area contributed by atoms with Gasteiger partial charge in [-0.2, -0.15) is 0 Å². The lowest BCUT2D eigenvalue weighted by Crippen LogP contribution is -2.16. The molecule has 1 unspecified atom stereocenters. The highest BCUT2D eigenvalue weighted by Gasteiger charge is 2.22. The fourth-order valence-electron chi connectivity index (χ4n) is 1.67. The van der Waals surface area contributed by atoms with Gasteiger partial charge < -0.3 is 20.7 Å². The maximum Gasteiger partial charge on any atom is 0.166 e. The summed E-state index contributed by atoms with van der Waals surface area (Å²) in [6, 6.07) is 3.49. The van der Waals surface area contributed by atoms with Crippen molar-refractivity contribution in [3.63, 3.8) is 0 Å². The minimum absolute atomic E-state index is 0.0300. The molecule has 0 radical (unpaired) electrons. The van der Waals surface area contributed by atoms with Gasteiger partial charge in [-0.3, -0.25) is 0 Å². The summed E-state index contributed by atoms with van der Waals surface area (Å²) < 4.78 is 5.10. The van der Waals surface area contributed by atoms with Gasteiger partial charge in [0.1, 0.15) is 0 Å². The molecule has 0 saturated heterocycles. The molecule has 0 amide bonds. The molecule has 1 aromatic carbocycles. The third-order valence-electron chi connectivity index (χ3n) is 2.75. The number of phenolic OH excluding ortho intramolecular Hbond substituents is 1. The Morgan fingerprint density at radius 3 is 2.35 bits per heavy atom. The van der Waals surface area contributed by atoms with Crippen LogP contribution in [0.25, 0.3) is 0 Å². The first kappa shape index (κ1) is 13.8. The van der Waals surface area contributed by atoms with Crippen molar-refractivity contribution in [2.45, 2.75) is 32.3 Å². The van der Waals surface area contributed by atoms with E-state index in [-0.39, 0.29) is 23.5 Å². The zero-order valence-electron chi connectivity index (χ0n) is 10.8. The van der Waals surface area contributed by atoms with Gasteiger partial charge in [-0.05, 0) is 23.1 Å². The molecule has 4 nitrogen and oxygen atoms in total. The van der Waals surface area contributed by atoms with Gasteiger partial charge in [0.05, 0.1) is 13.2 Å². The smallest absolute Gasteiger partial charge is 0.166 e. The number of phenols is 1. The van der Waals surface area contributed by atoms with E-state index in [2.05, 4.69) is 0 Å². The Morgan fingerprint density at radius 1 is 1.35 bits per heavy atom. The number of hydrogen-bond donors (Lipinski definition) is 3. The molecule has 0 fully saturated rings. The van der Waals surface area contributed by atoms with Crippen LogP contribution in [0.15, 0.2) is 12.1 Å². The van der Waals surface area contributed by atoms with Crippen LogP contribution < -0.4 is 10.5 Å². The standard InChI is InChI=1S/C13H21NO3/c1-13(2,3)8-5-9(11(16)7-14)12(17-4)10(15)6-8/h5-6,11,15-16H,7,14H2,1-4H3. The molecular formula is C13H21NO3. The molecule has 0 aliphatic rings. The molecule has 1 aromatic rings. The second-order valence-electron chi connectivity index (χ2n) is 5.12. The molecule has 96 valence electrons. The maximum atomic E-state index is 9.90. The monoisotopic (exact) mass is 239 g/mol. The average molecular weight is 239 g/mol. The lowest BCUT2D eigenvalue weighted by molar-refractivity contribution is 0.181. The van der Waals surface area contributed by atoms with E-state index in [0.717, 1.165) is 5.56 Å². The van der Waals surface area contributed by atoms with Gasteiger partial charge in [0, 0.05) is 12.1 Å². The lowest BCUT2D eigenvalue weighted by Gasteiger charge is -2.23. The Morgan fingerprint density at radius 2 is 1.94 bits per heavy atom. The van der Waals surface area contributed by atoms with Gasteiger partial charge in [0.25, 0.3) is 0 Å². The van der Waals surface area contributed by atoms with Gasteiger partial charge in [0.15, 0.2) is 11.5 Å². The Balaban J connectivity index is 3.39. The van der Waals surface area contributed by atoms with Crippen LogP contribution in [0, 0.1) is 0 Å². The summed E-state index contributed by atoms with van der Waals surface area (Å²) >= 11 is 0. The minimum atomic E-state index is -0.835. The number of aliphatic hydroxyl groups is 1. The average Bonchev–Trinajstić information content (AvgIpc) is 2.25. The van der Waals surface area contributed by atoms with Crippen molar-refractivity contribution < 1.29 is 14.9 Å². The SMILES string of the molecule is COc1c(O)cc(C(C)(C)C)cc1C(O)CN. The highest BCUT2D eigenvalue weighted by atomic mass is 16.5. The van der Waals surface area contributed by atoms with E-state index in [9.17, 15) is 10.2 Å². The number of aromatic hydroxyl groups is 1. The van der Waals surface area contributed by atoms with Gasteiger partial charge in [-0.25, -0.2) is 0 Å². The number of ether oxygens (including phenoxy) is 1. The van der Waals surface area contributed by atoms with Crippen molar-refractivity contribution in [2.24, 2.45) is 5.73 Å². The predicted octanol–water partition coefficient (Wildman–Crippen LogP) is 1.69. The van der Waals surface area contributed by atoms with Crippen molar-refractivity contribution in [1.29, 1.82) is 0 Å². The molecule has 0 saturated carbocycles.